The predicted octanol–water partition coefficient (Wildman–Crippen LogP) is 2.18. The van der Waals surface area contributed by atoms with Crippen molar-refractivity contribution in [3.05, 3.63) is 59.4 Å². The number of aryl methyl sites for hydroxylation is 2. The number of hydrogen-bond acceptors (Lipinski definition) is 5. The highest BCUT2D eigenvalue weighted by Gasteiger charge is 2.18. The molecule has 158 valence electrons. The molecule has 8 heteroatoms. The molecule has 3 N–H and O–H groups in total. The van der Waals surface area contributed by atoms with Crippen molar-refractivity contribution < 1.29 is 19.8 Å². The fourth-order valence-corrected chi connectivity index (χ4v) is 3.37. The summed E-state index contributed by atoms with van der Waals surface area (Å²) in [4.78, 5) is 25.7. The Morgan fingerprint density at radius 2 is 1.63 bits per heavy atom. The van der Waals surface area contributed by atoms with Crippen LogP contribution in [0, 0.1) is 13.8 Å². The van der Waals surface area contributed by atoms with E-state index in [-0.39, 0.29) is 0 Å². The quantitative estimate of drug-likeness (QED) is 0.568. The van der Waals surface area contributed by atoms with Crippen molar-refractivity contribution in [3.8, 4) is 11.3 Å². The van der Waals surface area contributed by atoms with Gasteiger partial charge in [0, 0.05) is 44.5 Å². The fraction of sp³-hybridized carbons (Fsp3) is 0.318. The van der Waals surface area contributed by atoms with Gasteiger partial charge in [-0.15, -0.1) is 0 Å². The highest BCUT2D eigenvalue weighted by molar-refractivity contribution is 6.27. The second-order valence-corrected chi connectivity index (χ2v) is 7.34. The molecule has 1 aliphatic rings. The topological polar surface area (TPSA) is 107 Å². The van der Waals surface area contributed by atoms with Crippen LogP contribution in [0.4, 0.5) is 0 Å². The number of hydrogen-bond donors (Lipinski definition) is 3. The molecule has 0 atom stereocenters. The first-order valence-electron chi connectivity index (χ1n) is 9.79. The van der Waals surface area contributed by atoms with Crippen LogP contribution in [0.15, 0.2) is 42.6 Å². The Balaban J connectivity index is 0.000000377. The van der Waals surface area contributed by atoms with Gasteiger partial charge in [0.1, 0.15) is 5.65 Å². The first-order valence-corrected chi connectivity index (χ1v) is 9.79. The molecule has 0 amide bonds. The monoisotopic (exact) mass is 410 g/mol. The van der Waals surface area contributed by atoms with Gasteiger partial charge in [-0.2, -0.15) is 0 Å². The Bertz CT molecular complexity index is 1030. The molecule has 3 aromatic rings. The Morgan fingerprint density at radius 3 is 2.23 bits per heavy atom. The molecule has 0 saturated carbocycles. The van der Waals surface area contributed by atoms with Crippen LogP contribution in [0.25, 0.3) is 16.9 Å². The van der Waals surface area contributed by atoms with Crippen molar-refractivity contribution in [2.75, 3.05) is 26.2 Å². The Hall–Kier alpha value is -3.23. The number of nitrogens with one attached hydrogen (secondary N) is 1. The zero-order valence-electron chi connectivity index (χ0n) is 17.1. The molecule has 1 aliphatic heterocycles. The van der Waals surface area contributed by atoms with E-state index in [2.05, 4.69) is 71.1 Å². The molecule has 30 heavy (non-hydrogen) atoms. The second kappa shape index (κ2) is 9.51. The highest BCUT2D eigenvalue weighted by Crippen LogP contribution is 2.26. The number of carboxylic acids is 2. The lowest BCUT2D eigenvalue weighted by Crippen LogP contribution is -2.43. The van der Waals surface area contributed by atoms with E-state index < -0.39 is 11.9 Å². The summed E-state index contributed by atoms with van der Waals surface area (Å²) in [6.07, 6.45) is 2.16. The maximum absolute atomic E-state index is 9.10. The lowest BCUT2D eigenvalue weighted by molar-refractivity contribution is -0.159. The highest BCUT2D eigenvalue weighted by atomic mass is 16.4. The van der Waals surface area contributed by atoms with Crippen LogP contribution in [0.1, 0.15) is 16.8 Å². The third-order valence-corrected chi connectivity index (χ3v) is 4.97. The summed E-state index contributed by atoms with van der Waals surface area (Å²) in [5.74, 6) is -3.65. The van der Waals surface area contributed by atoms with E-state index in [0.717, 1.165) is 44.1 Å². The number of nitrogens with zero attached hydrogens (tertiary/aromatic N) is 3. The van der Waals surface area contributed by atoms with E-state index in [1.807, 2.05) is 0 Å². The summed E-state index contributed by atoms with van der Waals surface area (Å²) in [5, 5.41) is 18.2. The van der Waals surface area contributed by atoms with Crippen molar-refractivity contribution in [1.29, 1.82) is 0 Å². The standard InChI is InChI=1S/C20H24N4.C2H2O4/c1-15-3-5-17(6-4-15)20-18(14-23-11-8-21-9-12-23)24-10-7-16(2)13-19(24)22-20;3-1(4)2(5)6/h3-7,10,13,21H,8-9,11-12,14H2,1-2H3;(H,3,4)(H,5,6). The molecule has 3 heterocycles. The SMILES string of the molecule is Cc1ccc(-c2nc3cc(C)ccn3c2CN2CCNCC2)cc1.O=C(O)C(=O)O. The van der Waals surface area contributed by atoms with E-state index in [1.165, 1.54) is 22.4 Å². The van der Waals surface area contributed by atoms with Crippen LogP contribution < -0.4 is 5.32 Å². The number of aromatic nitrogens is 2. The van der Waals surface area contributed by atoms with Crippen molar-refractivity contribution in [2.24, 2.45) is 0 Å². The molecule has 1 saturated heterocycles. The molecular formula is C22H26N4O4. The average molecular weight is 410 g/mol. The molecule has 0 spiro atoms. The van der Waals surface area contributed by atoms with Crippen molar-refractivity contribution >= 4 is 17.6 Å². The molecule has 0 bridgehead atoms. The molecule has 4 rings (SSSR count). The first kappa shape index (κ1) is 21.5. The average Bonchev–Trinajstić information content (AvgIpc) is 3.07. The van der Waals surface area contributed by atoms with Crippen LogP contribution in [-0.4, -0.2) is 62.6 Å². The Labute approximate surface area is 174 Å². The van der Waals surface area contributed by atoms with E-state index in [0.29, 0.717) is 0 Å². The normalized spacial score (nSPS) is 14.2. The third-order valence-electron chi connectivity index (χ3n) is 4.97. The lowest BCUT2D eigenvalue weighted by atomic mass is 10.1. The molecule has 1 aromatic carbocycles. The number of fused-ring (bicyclic) bond motifs is 1. The number of rotatable bonds is 3. The van der Waals surface area contributed by atoms with E-state index in [1.54, 1.807) is 0 Å². The number of piperazine rings is 1. The molecule has 1 fully saturated rings. The van der Waals surface area contributed by atoms with Gasteiger partial charge in [-0.3, -0.25) is 4.90 Å². The van der Waals surface area contributed by atoms with Crippen LogP contribution in [-0.2, 0) is 16.1 Å². The minimum Gasteiger partial charge on any atom is -0.473 e. The molecule has 8 nitrogen and oxygen atoms in total. The van der Waals surface area contributed by atoms with Crippen LogP contribution in [0.2, 0.25) is 0 Å². The number of imidazole rings is 1. The Kier molecular flexibility index (Phi) is 6.81. The van der Waals surface area contributed by atoms with E-state index >= 15 is 0 Å². The molecule has 0 radical (unpaired) electrons. The summed E-state index contributed by atoms with van der Waals surface area (Å²) >= 11 is 0. The summed E-state index contributed by atoms with van der Waals surface area (Å²) < 4.78 is 2.25. The Morgan fingerprint density at radius 1 is 1.00 bits per heavy atom. The number of pyridine rings is 1. The summed E-state index contributed by atoms with van der Waals surface area (Å²) in [6, 6.07) is 13.0. The van der Waals surface area contributed by atoms with Crippen LogP contribution in [0.3, 0.4) is 0 Å². The van der Waals surface area contributed by atoms with E-state index in [9.17, 15) is 0 Å². The molecule has 0 aliphatic carbocycles. The number of carboxylic acid groups (broad SMARTS) is 2. The number of benzene rings is 1. The summed E-state index contributed by atoms with van der Waals surface area (Å²) in [7, 11) is 0. The van der Waals surface area contributed by atoms with Crippen LogP contribution >= 0.6 is 0 Å². The maximum Gasteiger partial charge on any atom is 0.414 e. The molecule has 2 aromatic heterocycles. The molecular weight excluding hydrogens is 384 g/mol. The number of aliphatic carboxylic acids is 2. The predicted molar refractivity (Wildman–Crippen MR) is 114 cm³/mol. The van der Waals surface area contributed by atoms with Crippen LogP contribution in [0.5, 0.6) is 0 Å². The van der Waals surface area contributed by atoms with Gasteiger partial charge in [0.2, 0.25) is 0 Å². The minimum absolute atomic E-state index is 0.940. The summed E-state index contributed by atoms with van der Waals surface area (Å²) in [5.41, 5.74) is 7.16. The molecule has 0 unspecified atom stereocenters. The summed E-state index contributed by atoms with van der Waals surface area (Å²) in [6.45, 7) is 9.49. The lowest BCUT2D eigenvalue weighted by Gasteiger charge is -2.27. The van der Waals surface area contributed by atoms with Gasteiger partial charge in [-0.05, 0) is 31.5 Å². The van der Waals surface area contributed by atoms with Gasteiger partial charge in [0.25, 0.3) is 0 Å². The first-order chi connectivity index (χ1) is 14.3. The third kappa shape index (κ3) is 5.22. The van der Waals surface area contributed by atoms with Gasteiger partial charge in [0.05, 0.1) is 11.4 Å². The number of carbonyl (C=O) groups is 2. The van der Waals surface area contributed by atoms with Crippen molar-refractivity contribution in [1.82, 2.24) is 19.6 Å². The van der Waals surface area contributed by atoms with Gasteiger partial charge in [0.15, 0.2) is 0 Å². The van der Waals surface area contributed by atoms with E-state index in [4.69, 9.17) is 24.8 Å². The maximum atomic E-state index is 9.10. The minimum atomic E-state index is -1.82. The van der Waals surface area contributed by atoms with Crippen molar-refractivity contribution in [2.45, 2.75) is 20.4 Å². The van der Waals surface area contributed by atoms with Gasteiger partial charge >= 0.3 is 11.9 Å². The van der Waals surface area contributed by atoms with Gasteiger partial charge in [-0.25, -0.2) is 14.6 Å². The van der Waals surface area contributed by atoms with Gasteiger partial charge in [-0.1, -0.05) is 29.8 Å². The largest absolute Gasteiger partial charge is 0.473 e. The van der Waals surface area contributed by atoms with Gasteiger partial charge < -0.3 is 19.9 Å². The zero-order chi connectivity index (χ0) is 21.7. The fourth-order valence-electron chi connectivity index (χ4n) is 3.37. The van der Waals surface area contributed by atoms with Crippen molar-refractivity contribution in [3.63, 3.8) is 0 Å². The second-order valence-electron chi connectivity index (χ2n) is 7.34. The smallest absolute Gasteiger partial charge is 0.414 e. The zero-order valence-corrected chi connectivity index (χ0v) is 17.1.